The summed E-state index contributed by atoms with van der Waals surface area (Å²) in [7, 11) is 0. The standard InChI is InChI=1S/C19H17N5O2/c25-19-15-10-21-24(13-6-2-1-3-7-13)18(15)20-12-23(19)11-16-14-8-4-5-9-17(14)26-22-16/h1-3,6-7,10,12H,4-5,8-9,11H2. The summed E-state index contributed by atoms with van der Waals surface area (Å²) in [4.78, 5) is 17.4. The van der Waals surface area contributed by atoms with Gasteiger partial charge in [-0.2, -0.15) is 5.10 Å². The first kappa shape index (κ1) is 15.1. The third-order valence-electron chi connectivity index (χ3n) is 4.91. The third kappa shape index (κ3) is 2.35. The monoisotopic (exact) mass is 347 g/mol. The topological polar surface area (TPSA) is 78.7 Å². The van der Waals surface area contributed by atoms with E-state index >= 15 is 0 Å². The highest BCUT2D eigenvalue weighted by molar-refractivity contribution is 5.74. The van der Waals surface area contributed by atoms with Crippen molar-refractivity contribution in [2.45, 2.75) is 32.2 Å². The fourth-order valence-corrected chi connectivity index (χ4v) is 3.55. The zero-order valence-corrected chi connectivity index (χ0v) is 14.1. The smallest absolute Gasteiger partial charge is 0.264 e. The minimum Gasteiger partial charge on any atom is -0.361 e. The quantitative estimate of drug-likeness (QED) is 0.569. The van der Waals surface area contributed by atoms with Gasteiger partial charge in [0.2, 0.25) is 0 Å². The van der Waals surface area contributed by atoms with Gasteiger partial charge in [-0.1, -0.05) is 23.4 Å². The Hall–Kier alpha value is -3.22. The van der Waals surface area contributed by atoms with Crippen molar-refractivity contribution in [2.24, 2.45) is 0 Å². The molecule has 0 bridgehead atoms. The summed E-state index contributed by atoms with van der Waals surface area (Å²) in [5.74, 6) is 0.963. The molecule has 1 aliphatic carbocycles. The van der Waals surface area contributed by atoms with Crippen molar-refractivity contribution < 1.29 is 4.52 Å². The number of para-hydroxylation sites is 1. The van der Waals surface area contributed by atoms with Gasteiger partial charge in [0.1, 0.15) is 23.2 Å². The highest BCUT2D eigenvalue weighted by atomic mass is 16.5. The van der Waals surface area contributed by atoms with Crippen molar-refractivity contribution in [3.05, 3.63) is 70.2 Å². The summed E-state index contributed by atoms with van der Waals surface area (Å²) < 4.78 is 8.70. The van der Waals surface area contributed by atoms with Crippen molar-refractivity contribution in [2.75, 3.05) is 0 Å². The lowest BCUT2D eigenvalue weighted by Gasteiger charge is -2.10. The molecule has 3 heterocycles. The summed E-state index contributed by atoms with van der Waals surface area (Å²) >= 11 is 0. The SMILES string of the molecule is O=c1c2cnn(-c3ccccc3)c2ncn1Cc1noc2c1CCCC2. The van der Waals surface area contributed by atoms with Crippen LogP contribution in [0.5, 0.6) is 0 Å². The number of nitrogens with zero attached hydrogens (tertiary/aromatic N) is 5. The van der Waals surface area contributed by atoms with Crippen molar-refractivity contribution >= 4 is 11.0 Å². The number of rotatable bonds is 3. The second-order valence-electron chi connectivity index (χ2n) is 6.54. The van der Waals surface area contributed by atoms with E-state index in [1.165, 1.54) is 0 Å². The molecule has 0 spiro atoms. The van der Waals surface area contributed by atoms with Crippen LogP contribution in [-0.4, -0.2) is 24.5 Å². The van der Waals surface area contributed by atoms with Crippen LogP contribution in [0.25, 0.3) is 16.7 Å². The molecule has 4 aromatic rings. The normalized spacial score (nSPS) is 13.8. The molecule has 26 heavy (non-hydrogen) atoms. The fraction of sp³-hybridized carbons (Fsp3) is 0.263. The van der Waals surface area contributed by atoms with Gasteiger partial charge >= 0.3 is 0 Å². The summed E-state index contributed by atoms with van der Waals surface area (Å²) in [6, 6.07) is 9.66. The zero-order chi connectivity index (χ0) is 17.5. The van der Waals surface area contributed by atoms with E-state index in [4.69, 9.17) is 4.52 Å². The lowest BCUT2D eigenvalue weighted by atomic mass is 9.96. The van der Waals surface area contributed by atoms with Crippen LogP contribution in [-0.2, 0) is 19.4 Å². The summed E-state index contributed by atoms with van der Waals surface area (Å²) in [6.07, 6.45) is 7.30. The van der Waals surface area contributed by atoms with Crippen molar-refractivity contribution in [1.82, 2.24) is 24.5 Å². The van der Waals surface area contributed by atoms with Gasteiger partial charge in [-0.25, -0.2) is 9.67 Å². The maximum atomic E-state index is 12.9. The Balaban J connectivity index is 1.55. The van der Waals surface area contributed by atoms with Crippen LogP contribution in [0.2, 0.25) is 0 Å². The molecule has 0 fully saturated rings. The van der Waals surface area contributed by atoms with E-state index < -0.39 is 0 Å². The van der Waals surface area contributed by atoms with E-state index in [0.29, 0.717) is 17.6 Å². The summed E-state index contributed by atoms with van der Waals surface area (Å²) in [5.41, 5.74) is 3.30. The molecule has 7 heteroatoms. The van der Waals surface area contributed by atoms with Crippen LogP contribution in [0.15, 0.2) is 52.2 Å². The first-order valence-corrected chi connectivity index (χ1v) is 8.76. The lowest BCUT2D eigenvalue weighted by molar-refractivity contribution is 0.367. The Morgan fingerprint density at radius 2 is 1.96 bits per heavy atom. The average molecular weight is 347 g/mol. The Morgan fingerprint density at radius 3 is 2.85 bits per heavy atom. The molecule has 0 unspecified atom stereocenters. The van der Waals surface area contributed by atoms with Gasteiger partial charge in [0, 0.05) is 12.0 Å². The van der Waals surface area contributed by atoms with Gasteiger partial charge in [0.15, 0.2) is 5.65 Å². The van der Waals surface area contributed by atoms with E-state index in [1.807, 2.05) is 30.3 Å². The molecular weight excluding hydrogens is 330 g/mol. The van der Waals surface area contributed by atoms with E-state index in [2.05, 4.69) is 15.2 Å². The Bertz CT molecular complexity index is 1140. The third-order valence-corrected chi connectivity index (χ3v) is 4.91. The molecule has 5 rings (SSSR count). The zero-order valence-electron chi connectivity index (χ0n) is 14.1. The number of aryl methyl sites for hydroxylation is 1. The molecule has 1 aliphatic rings. The van der Waals surface area contributed by atoms with Crippen LogP contribution in [0.1, 0.15) is 29.9 Å². The molecule has 3 aromatic heterocycles. The number of fused-ring (bicyclic) bond motifs is 2. The Labute approximate surface area is 148 Å². The van der Waals surface area contributed by atoms with Crippen LogP contribution >= 0.6 is 0 Å². The Kier molecular flexibility index (Phi) is 3.44. The van der Waals surface area contributed by atoms with Gasteiger partial charge in [0.05, 0.1) is 18.4 Å². The molecule has 0 saturated carbocycles. The van der Waals surface area contributed by atoms with Crippen molar-refractivity contribution in [3.63, 3.8) is 0 Å². The van der Waals surface area contributed by atoms with Gasteiger partial charge in [0.25, 0.3) is 5.56 Å². The number of hydrogen-bond donors (Lipinski definition) is 0. The Morgan fingerprint density at radius 1 is 1.12 bits per heavy atom. The van der Waals surface area contributed by atoms with E-state index in [-0.39, 0.29) is 5.56 Å². The largest absolute Gasteiger partial charge is 0.361 e. The molecule has 0 aliphatic heterocycles. The second kappa shape index (κ2) is 5.94. The van der Waals surface area contributed by atoms with Gasteiger partial charge < -0.3 is 4.52 Å². The lowest BCUT2D eigenvalue weighted by Crippen LogP contribution is -2.22. The molecule has 130 valence electrons. The van der Waals surface area contributed by atoms with Crippen molar-refractivity contribution in [3.8, 4) is 5.69 Å². The molecule has 7 nitrogen and oxygen atoms in total. The molecule has 1 aromatic carbocycles. The molecule has 0 atom stereocenters. The maximum absolute atomic E-state index is 12.9. The minimum absolute atomic E-state index is 0.121. The van der Waals surface area contributed by atoms with Crippen LogP contribution in [0.4, 0.5) is 0 Å². The summed E-state index contributed by atoms with van der Waals surface area (Å²) in [6.45, 7) is 0.372. The number of aromatic nitrogens is 5. The maximum Gasteiger partial charge on any atom is 0.264 e. The van der Waals surface area contributed by atoms with Gasteiger partial charge in [-0.05, 0) is 31.4 Å². The van der Waals surface area contributed by atoms with E-state index in [9.17, 15) is 4.79 Å². The molecular formula is C19H17N5O2. The number of hydrogen-bond acceptors (Lipinski definition) is 5. The highest BCUT2D eigenvalue weighted by Crippen LogP contribution is 2.24. The number of benzene rings is 1. The fourth-order valence-electron chi connectivity index (χ4n) is 3.55. The van der Waals surface area contributed by atoms with Crippen molar-refractivity contribution in [1.29, 1.82) is 0 Å². The van der Waals surface area contributed by atoms with Crippen LogP contribution in [0, 0.1) is 0 Å². The predicted molar refractivity (Wildman–Crippen MR) is 95.4 cm³/mol. The first-order chi connectivity index (χ1) is 12.8. The average Bonchev–Trinajstić information content (AvgIpc) is 3.30. The second-order valence-corrected chi connectivity index (χ2v) is 6.54. The minimum atomic E-state index is -0.121. The summed E-state index contributed by atoms with van der Waals surface area (Å²) in [5, 5.41) is 9.02. The van der Waals surface area contributed by atoms with Gasteiger partial charge in [-0.15, -0.1) is 0 Å². The van der Waals surface area contributed by atoms with E-state index in [0.717, 1.165) is 48.4 Å². The van der Waals surface area contributed by atoms with Gasteiger partial charge in [-0.3, -0.25) is 9.36 Å². The highest BCUT2D eigenvalue weighted by Gasteiger charge is 2.20. The van der Waals surface area contributed by atoms with E-state index in [1.54, 1.807) is 21.8 Å². The van der Waals surface area contributed by atoms with Crippen LogP contribution < -0.4 is 5.56 Å². The van der Waals surface area contributed by atoms with Crippen LogP contribution in [0.3, 0.4) is 0 Å². The molecule has 0 radical (unpaired) electrons. The first-order valence-electron chi connectivity index (χ1n) is 8.76. The molecule has 0 saturated heterocycles. The molecule has 0 amide bonds. The predicted octanol–water partition coefficient (Wildman–Crippen LogP) is 2.50. The molecule has 0 N–H and O–H groups in total.